The zero-order chi connectivity index (χ0) is 23.1. The van der Waals surface area contributed by atoms with E-state index in [-0.39, 0.29) is 26.2 Å². The normalized spacial score (nSPS) is 12.7. The Morgan fingerprint density at radius 1 is 1.03 bits per heavy atom. The molecule has 11 heteroatoms. The molecule has 0 atom stereocenters. The van der Waals surface area contributed by atoms with E-state index in [0.29, 0.717) is 4.90 Å². The van der Waals surface area contributed by atoms with Gasteiger partial charge in [0.15, 0.2) is 0 Å². The highest BCUT2D eigenvalue weighted by Gasteiger charge is 2.36. The fraction of sp³-hybridized carbons (Fsp3) is 0.526. The molecule has 166 valence electrons. The molecule has 0 spiro atoms. The van der Waals surface area contributed by atoms with Crippen molar-refractivity contribution in [3.05, 3.63) is 23.3 Å². The van der Waals surface area contributed by atoms with Gasteiger partial charge in [-0.25, -0.2) is 14.6 Å². The predicted octanol–water partition coefficient (Wildman–Crippen LogP) is 6.89. The minimum absolute atomic E-state index is 0.107. The second-order valence-electron chi connectivity index (χ2n) is 8.41. The summed E-state index contributed by atoms with van der Waals surface area (Å²) in [6, 6.07) is 1.91. The largest absolute Gasteiger partial charge is 0.443 e. The minimum Gasteiger partial charge on any atom is -0.443 e. The van der Waals surface area contributed by atoms with Gasteiger partial charge in [-0.15, -0.1) is 0 Å². The van der Waals surface area contributed by atoms with Crippen LogP contribution < -0.4 is 4.90 Å². The summed E-state index contributed by atoms with van der Waals surface area (Å²) >= 11 is 3.93. The lowest BCUT2D eigenvalue weighted by Gasteiger charge is -2.27. The van der Waals surface area contributed by atoms with E-state index in [9.17, 15) is 22.8 Å². The molecule has 1 aromatic carbocycles. The molecule has 0 N–H and O–H groups in total. The Hall–Kier alpha value is -1.88. The quantitative estimate of drug-likeness (QED) is 0.411. The number of fused-ring (bicyclic) bond motifs is 1. The fourth-order valence-corrected chi connectivity index (χ4v) is 3.75. The van der Waals surface area contributed by atoms with Crippen molar-refractivity contribution in [1.29, 1.82) is 0 Å². The van der Waals surface area contributed by atoms with E-state index in [1.165, 1.54) is 0 Å². The third kappa shape index (κ3) is 6.07. The number of rotatable bonds is 2. The minimum atomic E-state index is -4.55. The third-order valence-corrected chi connectivity index (χ3v) is 4.97. The van der Waals surface area contributed by atoms with Gasteiger partial charge in [0.2, 0.25) is 5.13 Å². The molecule has 0 radical (unpaired) electrons. The molecule has 2 aromatic rings. The van der Waals surface area contributed by atoms with E-state index in [0.717, 1.165) is 23.5 Å². The lowest BCUT2D eigenvalue weighted by molar-refractivity contribution is -0.137. The molecule has 0 saturated carbocycles. The number of alkyl halides is 4. The van der Waals surface area contributed by atoms with Crippen LogP contribution in [0.3, 0.4) is 0 Å². The van der Waals surface area contributed by atoms with E-state index in [2.05, 4.69) is 20.9 Å². The zero-order valence-electron chi connectivity index (χ0n) is 17.3. The van der Waals surface area contributed by atoms with Crippen LogP contribution in [-0.4, -0.2) is 28.4 Å². The van der Waals surface area contributed by atoms with Gasteiger partial charge in [0.1, 0.15) is 11.2 Å². The van der Waals surface area contributed by atoms with E-state index in [1.54, 1.807) is 41.5 Å². The monoisotopic (exact) mass is 510 g/mol. The number of carbonyl (C=O) groups excluding carboxylic acids is 2. The van der Waals surface area contributed by atoms with Crippen LogP contribution in [0.5, 0.6) is 0 Å². The molecule has 1 heterocycles. The molecule has 0 unspecified atom stereocenters. The van der Waals surface area contributed by atoms with Crippen LogP contribution in [0.1, 0.15) is 52.7 Å². The second-order valence-corrected chi connectivity index (χ2v) is 9.98. The van der Waals surface area contributed by atoms with Crippen molar-refractivity contribution in [2.45, 2.75) is 64.3 Å². The summed E-state index contributed by atoms with van der Waals surface area (Å²) < 4.78 is 50.4. The third-order valence-electron chi connectivity index (χ3n) is 3.38. The molecule has 0 bridgehead atoms. The maximum atomic E-state index is 13.2. The van der Waals surface area contributed by atoms with Crippen LogP contribution in [0.2, 0.25) is 0 Å². The lowest BCUT2D eigenvalue weighted by Crippen LogP contribution is -2.43. The van der Waals surface area contributed by atoms with Gasteiger partial charge in [-0.3, -0.25) is 0 Å². The van der Waals surface area contributed by atoms with Gasteiger partial charge in [-0.1, -0.05) is 27.3 Å². The van der Waals surface area contributed by atoms with Crippen molar-refractivity contribution in [2.24, 2.45) is 0 Å². The molecule has 0 aliphatic rings. The van der Waals surface area contributed by atoms with Gasteiger partial charge >= 0.3 is 18.4 Å². The van der Waals surface area contributed by atoms with Crippen molar-refractivity contribution in [1.82, 2.24) is 4.98 Å². The number of nitrogens with zero attached hydrogens (tertiary/aromatic N) is 2. The van der Waals surface area contributed by atoms with Gasteiger partial charge in [0, 0.05) is 5.33 Å². The van der Waals surface area contributed by atoms with Crippen molar-refractivity contribution in [3.8, 4) is 0 Å². The predicted molar refractivity (Wildman–Crippen MR) is 112 cm³/mol. The zero-order valence-corrected chi connectivity index (χ0v) is 19.7. The Morgan fingerprint density at radius 3 is 1.93 bits per heavy atom. The highest BCUT2D eigenvalue weighted by molar-refractivity contribution is 9.08. The van der Waals surface area contributed by atoms with Gasteiger partial charge in [0.25, 0.3) is 0 Å². The number of thiazole rings is 1. The molecular weight excluding hydrogens is 489 g/mol. The number of carbonyl (C=O) groups is 2. The first-order chi connectivity index (χ1) is 13.5. The van der Waals surface area contributed by atoms with E-state index >= 15 is 0 Å². The molecule has 1 aromatic heterocycles. The molecule has 2 rings (SSSR count). The topological polar surface area (TPSA) is 68.7 Å². The van der Waals surface area contributed by atoms with E-state index in [4.69, 9.17) is 9.47 Å². The first-order valence-electron chi connectivity index (χ1n) is 8.84. The summed E-state index contributed by atoms with van der Waals surface area (Å²) in [4.78, 5) is 30.3. The lowest BCUT2D eigenvalue weighted by atomic mass is 10.1. The first kappa shape index (κ1) is 24.4. The number of aromatic nitrogens is 1. The molecule has 0 aliphatic heterocycles. The molecule has 6 nitrogen and oxygen atoms in total. The molecule has 0 saturated heterocycles. The molecule has 0 fully saturated rings. The van der Waals surface area contributed by atoms with Gasteiger partial charge in [0.05, 0.1) is 15.8 Å². The van der Waals surface area contributed by atoms with Gasteiger partial charge in [-0.05, 0) is 59.2 Å². The Balaban J connectivity index is 2.62. The molecule has 0 aliphatic carbocycles. The van der Waals surface area contributed by atoms with Gasteiger partial charge in [-0.2, -0.15) is 18.1 Å². The number of hydrogen-bond acceptors (Lipinski definition) is 6. The molecule has 2 amide bonds. The maximum absolute atomic E-state index is 13.2. The second kappa shape index (κ2) is 8.33. The number of amides is 2. The number of hydrogen-bond donors (Lipinski definition) is 0. The summed E-state index contributed by atoms with van der Waals surface area (Å²) in [5.74, 6) is 0. The number of ether oxygens (including phenoxy) is 2. The van der Waals surface area contributed by atoms with Gasteiger partial charge < -0.3 is 9.47 Å². The van der Waals surface area contributed by atoms with Crippen LogP contribution in [-0.2, 0) is 21.0 Å². The van der Waals surface area contributed by atoms with Crippen LogP contribution in [0.4, 0.5) is 27.9 Å². The molecule has 30 heavy (non-hydrogen) atoms. The number of halogens is 4. The van der Waals surface area contributed by atoms with Crippen LogP contribution >= 0.6 is 27.3 Å². The Morgan fingerprint density at radius 2 is 1.53 bits per heavy atom. The number of anilines is 1. The number of imide groups is 1. The highest BCUT2D eigenvalue weighted by atomic mass is 79.9. The standard InChI is InChI=1S/C19H22BrF3N2O4S/c1-17(2,3)28-15(26)25(16(27)29-18(4,5)6)14-24-13-10(9-20)7-11(19(21,22)23)8-12(13)30-14/h7-8H,9H2,1-6H3. The van der Waals surface area contributed by atoms with Crippen molar-refractivity contribution < 1.29 is 32.2 Å². The summed E-state index contributed by atoms with van der Waals surface area (Å²) in [6.07, 6.45) is -6.62. The SMILES string of the molecule is CC(C)(C)OC(=O)N(C(=O)OC(C)(C)C)c1nc2c(CBr)cc(C(F)(F)F)cc2s1. The summed E-state index contributed by atoms with van der Waals surface area (Å²) in [7, 11) is 0. The summed E-state index contributed by atoms with van der Waals surface area (Å²) in [6.45, 7) is 9.72. The number of benzene rings is 1. The smallest absolute Gasteiger partial charge is 0.426 e. The van der Waals surface area contributed by atoms with Crippen LogP contribution in [0, 0.1) is 0 Å². The van der Waals surface area contributed by atoms with Crippen molar-refractivity contribution >= 4 is 54.8 Å². The van der Waals surface area contributed by atoms with Crippen LogP contribution in [0.25, 0.3) is 10.2 Å². The Kier molecular flexibility index (Phi) is 6.78. The van der Waals surface area contributed by atoms with Crippen molar-refractivity contribution in [2.75, 3.05) is 4.90 Å². The highest BCUT2D eigenvalue weighted by Crippen LogP contribution is 2.38. The fourth-order valence-electron chi connectivity index (χ4n) is 2.29. The Bertz CT molecular complexity index is 934. The average Bonchev–Trinajstić information content (AvgIpc) is 2.92. The Labute approximate surface area is 184 Å². The van der Waals surface area contributed by atoms with Crippen LogP contribution in [0.15, 0.2) is 12.1 Å². The average molecular weight is 511 g/mol. The first-order valence-corrected chi connectivity index (χ1v) is 10.8. The van der Waals surface area contributed by atoms with E-state index in [1.807, 2.05) is 0 Å². The van der Waals surface area contributed by atoms with E-state index < -0.39 is 35.1 Å². The summed E-state index contributed by atoms with van der Waals surface area (Å²) in [5.41, 5.74) is -2.16. The summed E-state index contributed by atoms with van der Waals surface area (Å²) in [5, 5.41) is -0.0369. The molecular formula is C19H22BrF3N2O4S. The van der Waals surface area contributed by atoms with Crippen molar-refractivity contribution in [3.63, 3.8) is 0 Å². The maximum Gasteiger partial charge on any atom is 0.426 e.